The van der Waals surface area contributed by atoms with Crippen molar-refractivity contribution in [2.75, 3.05) is 13.2 Å². The van der Waals surface area contributed by atoms with Gasteiger partial charge in [0.1, 0.15) is 10.6 Å². The van der Waals surface area contributed by atoms with Crippen molar-refractivity contribution in [3.05, 3.63) is 47.3 Å². The van der Waals surface area contributed by atoms with Crippen LogP contribution in [0.1, 0.15) is 36.5 Å². The summed E-state index contributed by atoms with van der Waals surface area (Å²) in [6.07, 6.45) is 0.565. The van der Waals surface area contributed by atoms with Gasteiger partial charge in [0.2, 0.25) is 10.0 Å². The van der Waals surface area contributed by atoms with E-state index in [1.54, 1.807) is 13.8 Å². The third-order valence-corrected chi connectivity index (χ3v) is 5.19. The highest BCUT2D eigenvalue weighted by molar-refractivity contribution is 7.89. The van der Waals surface area contributed by atoms with E-state index in [0.717, 1.165) is 5.56 Å². The predicted molar refractivity (Wildman–Crippen MR) is 86.6 cm³/mol. The predicted octanol–water partition coefficient (Wildman–Crippen LogP) is 2.74. The van der Waals surface area contributed by atoms with Crippen molar-refractivity contribution < 1.29 is 17.7 Å². The van der Waals surface area contributed by atoms with Crippen molar-refractivity contribution in [1.82, 2.24) is 9.88 Å². The lowest BCUT2D eigenvalue weighted by Gasteiger charge is -2.13. The van der Waals surface area contributed by atoms with Gasteiger partial charge in [-0.25, -0.2) is 13.1 Å². The van der Waals surface area contributed by atoms with Crippen LogP contribution in [0, 0.1) is 13.8 Å². The van der Waals surface area contributed by atoms with E-state index in [4.69, 9.17) is 9.26 Å². The monoisotopic (exact) mass is 338 g/mol. The smallest absolute Gasteiger partial charge is 0.245 e. The Hall–Kier alpha value is -1.70. The van der Waals surface area contributed by atoms with Gasteiger partial charge < -0.3 is 9.26 Å². The molecule has 0 aliphatic rings. The minimum atomic E-state index is -3.59. The van der Waals surface area contributed by atoms with Crippen molar-refractivity contribution in [1.29, 1.82) is 0 Å². The maximum atomic E-state index is 12.2. The van der Waals surface area contributed by atoms with Crippen LogP contribution >= 0.6 is 0 Å². The quantitative estimate of drug-likeness (QED) is 0.749. The number of hydrogen-bond donors (Lipinski definition) is 1. The Labute approximate surface area is 136 Å². The highest BCUT2D eigenvalue weighted by atomic mass is 32.2. The molecule has 1 aromatic heterocycles. The summed E-state index contributed by atoms with van der Waals surface area (Å²) >= 11 is 0. The number of aryl methyl sites for hydroxylation is 2. The van der Waals surface area contributed by atoms with Crippen LogP contribution in [0.2, 0.25) is 0 Å². The normalized spacial score (nSPS) is 13.2. The Balaban J connectivity index is 1.77. The molecular weight excluding hydrogens is 316 g/mol. The van der Waals surface area contributed by atoms with E-state index >= 15 is 0 Å². The molecule has 0 saturated heterocycles. The summed E-state index contributed by atoms with van der Waals surface area (Å²) in [4.78, 5) is 0.121. The number of aromatic nitrogens is 1. The molecule has 0 spiro atoms. The van der Waals surface area contributed by atoms with E-state index in [1.165, 1.54) is 0 Å². The lowest BCUT2D eigenvalue weighted by atomic mass is 10.1. The second-order valence-electron chi connectivity index (χ2n) is 5.33. The molecule has 2 aromatic rings. The summed E-state index contributed by atoms with van der Waals surface area (Å²) in [6.45, 7) is 5.94. The highest BCUT2D eigenvalue weighted by Gasteiger charge is 2.23. The van der Waals surface area contributed by atoms with Gasteiger partial charge in [0.15, 0.2) is 5.76 Å². The van der Waals surface area contributed by atoms with E-state index in [1.807, 2.05) is 37.3 Å². The van der Waals surface area contributed by atoms with Crippen molar-refractivity contribution in [3.63, 3.8) is 0 Å². The molecule has 0 unspecified atom stereocenters. The number of rotatable bonds is 8. The second kappa shape index (κ2) is 7.72. The van der Waals surface area contributed by atoms with Crippen LogP contribution in [0.4, 0.5) is 0 Å². The standard InChI is InChI=1S/C16H22N2O4S/c1-12-16(14(3)22-18-12)23(19,20)17-10-7-11-21-13(2)15-8-5-4-6-9-15/h4-6,8-9,13,17H,7,10-11H2,1-3H3/t13-/m1/s1. The molecule has 126 valence electrons. The Morgan fingerprint density at radius 2 is 1.96 bits per heavy atom. The summed E-state index contributed by atoms with van der Waals surface area (Å²) in [6, 6.07) is 9.90. The number of hydrogen-bond acceptors (Lipinski definition) is 5. The van der Waals surface area contributed by atoms with Crippen LogP contribution < -0.4 is 4.72 Å². The Morgan fingerprint density at radius 1 is 1.26 bits per heavy atom. The molecule has 2 rings (SSSR count). The van der Waals surface area contributed by atoms with Gasteiger partial charge in [-0.15, -0.1) is 0 Å². The first kappa shape index (κ1) is 17.7. The summed E-state index contributed by atoms with van der Waals surface area (Å²) in [5.41, 5.74) is 1.47. The highest BCUT2D eigenvalue weighted by Crippen LogP contribution is 2.18. The minimum absolute atomic E-state index is 0.0182. The topological polar surface area (TPSA) is 81.4 Å². The van der Waals surface area contributed by atoms with Gasteiger partial charge in [-0.05, 0) is 32.8 Å². The molecule has 23 heavy (non-hydrogen) atoms. The zero-order chi connectivity index (χ0) is 16.9. The number of ether oxygens (including phenoxy) is 1. The molecule has 7 heteroatoms. The summed E-state index contributed by atoms with van der Waals surface area (Å²) in [7, 11) is -3.59. The first-order valence-corrected chi connectivity index (χ1v) is 8.99. The molecule has 0 bridgehead atoms. The summed E-state index contributed by atoms with van der Waals surface area (Å²) < 4.78 is 37.6. The third-order valence-electron chi connectivity index (χ3n) is 3.49. The Bertz CT molecular complexity index is 706. The van der Waals surface area contributed by atoms with Gasteiger partial charge in [-0.3, -0.25) is 0 Å². The van der Waals surface area contributed by atoms with Gasteiger partial charge >= 0.3 is 0 Å². The molecule has 1 heterocycles. The van der Waals surface area contributed by atoms with Gasteiger partial charge in [-0.2, -0.15) is 0 Å². The molecule has 0 aliphatic carbocycles. The van der Waals surface area contributed by atoms with Crippen LogP contribution in [0.3, 0.4) is 0 Å². The molecule has 0 amide bonds. The van der Waals surface area contributed by atoms with Crippen LogP contribution in [0.15, 0.2) is 39.8 Å². The van der Waals surface area contributed by atoms with E-state index in [2.05, 4.69) is 9.88 Å². The largest absolute Gasteiger partial charge is 0.374 e. The fourth-order valence-corrected chi connectivity index (χ4v) is 3.69. The van der Waals surface area contributed by atoms with Crippen LogP contribution in [0.25, 0.3) is 0 Å². The molecule has 0 fully saturated rings. The van der Waals surface area contributed by atoms with E-state index in [0.29, 0.717) is 31.0 Å². The molecule has 1 N–H and O–H groups in total. The van der Waals surface area contributed by atoms with E-state index < -0.39 is 10.0 Å². The van der Waals surface area contributed by atoms with Gasteiger partial charge in [0.25, 0.3) is 0 Å². The zero-order valence-corrected chi connectivity index (χ0v) is 14.4. The molecule has 0 aliphatic heterocycles. The van der Waals surface area contributed by atoms with Crippen molar-refractivity contribution in [3.8, 4) is 0 Å². The Morgan fingerprint density at radius 3 is 2.57 bits per heavy atom. The first-order valence-electron chi connectivity index (χ1n) is 7.51. The molecule has 0 radical (unpaired) electrons. The molecule has 1 aromatic carbocycles. The average molecular weight is 338 g/mol. The van der Waals surface area contributed by atoms with Crippen LogP contribution in [0.5, 0.6) is 0 Å². The van der Waals surface area contributed by atoms with Gasteiger partial charge in [0, 0.05) is 13.2 Å². The van der Waals surface area contributed by atoms with Crippen molar-refractivity contribution >= 4 is 10.0 Å². The van der Waals surface area contributed by atoms with E-state index in [9.17, 15) is 8.42 Å². The minimum Gasteiger partial charge on any atom is -0.374 e. The lowest BCUT2D eigenvalue weighted by Crippen LogP contribution is -2.26. The van der Waals surface area contributed by atoms with Gasteiger partial charge in [0.05, 0.1) is 6.10 Å². The van der Waals surface area contributed by atoms with Crippen molar-refractivity contribution in [2.24, 2.45) is 0 Å². The maximum absolute atomic E-state index is 12.2. The second-order valence-corrected chi connectivity index (χ2v) is 7.03. The fraction of sp³-hybridized carbons (Fsp3) is 0.438. The number of nitrogens with one attached hydrogen (secondary N) is 1. The maximum Gasteiger partial charge on any atom is 0.245 e. The molecular formula is C16H22N2O4S. The Kier molecular flexibility index (Phi) is 5.92. The van der Waals surface area contributed by atoms with Gasteiger partial charge in [-0.1, -0.05) is 35.5 Å². The number of benzene rings is 1. The average Bonchev–Trinajstić information content (AvgIpc) is 2.87. The summed E-state index contributed by atoms with van der Waals surface area (Å²) in [5.74, 6) is 0.295. The number of nitrogens with zero attached hydrogens (tertiary/aromatic N) is 1. The van der Waals surface area contributed by atoms with Crippen LogP contribution in [-0.2, 0) is 14.8 Å². The third kappa shape index (κ3) is 4.63. The lowest BCUT2D eigenvalue weighted by molar-refractivity contribution is 0.0647. The SMILES string of the molecule is Cc1noc(C)c1S(=O)(=O)NCCCO[C@H](C)c1ccccc1. The molecule has 0 saturated carbocycles. The molecule has 6 nitrogen and oxygen atoms in total. The number of sulfonamides is 1. The first-order chi connectivity index (χ1) is 10.9. The van der Waals surface area contributed by atoms with Crippen LogP contribution in [-0.4, -0.2) is 26.7 Å². The van der Waals surface area contributed by atoms with E-state index in [-0.39, 0.29) is 11.0 Å². The van der Waals surface area contributed by atoms with Crippen molar-refractivity contribution in [2.45, 2.75) is 38.2 Å². The fourth-order valence-electron chi connectivity index (χ4n) is 2.29. The zero-order valence-electron chi connectivity index (χ0n) is 13.6. The summed E-state index contributed by atoms with van der Waals surface area (Å²) in [5, 5.41) is 3.66. The molecule has 1 atom stereocenters.